The Hall–Kier alpha value is -1.55. The summed E-state index contributed by atoms with van der Waals surface area (Å²) in [6.07, 6.45) is 5.36. The van der Waals surface area contributed by atoms with Crippen molar-refractivity contribution in [1.82, 2.24) is 4.90 Å². The van der Waals surface area contributed by atoms with Gasteiger partial charge in [0.1, 0.15) is 0 Å². The molecule has 1 fully saturated rings. The van der Waals surface area contributed by atoms with Gasteiger partial charge in [0.25, 0.3) is 0 Å². The standard InChI is InChI=1S/C17H25N3O/c18-17(21)14-6-10-20(11-7-14)9-5-13-3-4-16-15(12-13)2-1-8-19-16/h3-4,12,14,19H,1-2,5-11H2,(H2,18,21). The van der Waals surface area contributed by atoms with Crippen LogP contribution in [0.25, 0.3) is 0 Å². The monoisotopic (exact) mass is 287 g/mol. The van der Waals surface area contributed by atoms with Crippen molar-refractivity contribution in [2.45, 2.75) is 32.1 Å². The van der Waals surface area contributed by atoms with Crippen LogP contribution in [0, 0.1) is 5.92 Å². The number of nitrogens with zero attached hydrogens (tertiary/aromatic N) is 1. The minimum absolute atomic E-state index is 0.0936. The maximum atomic E-state index is 11.2. The van der Waals surface area contributed by atoms with Gasteiger partial charge in [-0.2, -0.15) is 0 Å². The van der Waals surface area contributed by atoms with Crippen molar-refractivity contribution in [2.24, 2.45) is 11.7 Å². The van der Waals surface area contributed by atoms with Crippen molar-refractivity contribution >= 4 is 11.6 Å². The van der Waals surface area contributed by atoms with Gasteiger partial charge in [0.15, 0.2) is 0 Å². The molecule has 3 N–H and O–H groups in total. The molecule has 2 heterocycles. The summed E-state index contributed by atoms with van der Waals surface area (Å²) in [6.45, 7) is 4.18. The SMILES string of the molecule is NC(=O)C1CCN(CCc2ccc3c(c2)CCCN3)CC1. The molecule has 114 valence electrons. The molecule has 0 radical (unpaired) electrons. The molecular weight excluding hydrogens is 262 g/mol. The molecule has 1 aromatic carbocycles. The molecule has 0 aliphatic carbocycles. The number of piperidine rings is 1. The van der Waals surface area contributed by atoms with E-state index in [1.54, 1.807) is 0 Å². The molecule has 1 saturated heterocycles. The fourth-order valence-corrected chi connectivity index (χ4v) is 3.41. The molecule has 0 bridgehead atoms. The number of aryl methyl sites for hydroxylation is 1. The van der Waals surface area contributed by atoms with Crippen molar-refractivity contribution in [3.63, 3.8) is 0 Å². The lowest BCUT2D eigenvalue weighted by Gasteiger charge is -2.30. The van der Waals surface area contributed by atoms with E-state index < -0.39 is 0 Å². The predicted molar refractivity (Wildman–Crippen MR) is 85.3 cm³/mol. The molecule has 3 rings (SSSR count). The second-order valence-electron chi connectivity index (χ2n) is 6.29. The highest BCUT2D eigenvalue weighted by Crippen LogP contribution is 2.23. The third kappa shape index (κ3) is 3.56. The third-order valence-electron chi connectivity index (χ3n) is 4.81. The van der Waals surface area contributed by atoms with Gasteiger partial charge >= 0.3 is 0 Å². The molecular formula is C17H25N3O. The summed E-state index contributed by atoms with van der Waals surface area (Å²) < 4.78 is 0. The van der Waals surface area contributed by atoms with Crippen LogP contribution in [0.15, 0.2) is 18.2 Å². The number of nitrogens with one attached hydrogen (secondary N) is 1. The van der Waals surface area contributed by atoms with Crippen LogP contribution in [-0.4, -0.2) is 37.0 Å². The zero-order chi connectivity index (χ0) is 14.7. The van der Waals surface area contributed by atoms with Crippen LogP contribution in [0.2, 0.25) is 0 Å². The van der Waals surface area contributed by atoms with Gasteiger partial charge < -0.3 is 16.0 Å². The molecule has 4 nitrogen and oxygen atoms in total. The van der Waals surface area contributed by atoms with Crippen LogP contribution in [-0.2, 0) is 17.6 Å². The number of anilines is 1. The second-order valence-corrected chi connectivity index (χ2v) is 6.29. The molecule has 0 unspecified atom stereocenters. The first-order valence-corrected chi connectivity index (χ1v) is 8.10. The number of amides is 1. The van der Waals surface area contributed by atoms with Crippen molar-refractivity contribution in [1.29, 1.82) is 0 Å². The van der Waals surface area contributed by atoms with E-state index in [1.165, 1.54) is 29.7 Å². The lowest BCUT2D eigenvalue weighted by molar-refractivity contribution is -0.123. The van der Waals surface area contributed by atoms with E-state index in [4.69, 9.17) is 5.73 Å². The van der Waals surface area contributed by atoms with Gasteiger partial charge in [-0.1, -0.05) is 12.1 Å². The first kappa shape index (κ1) is 14.4. The molecule has 0 aromatic heterocycles. The van der Waals surface area contributed by atoms with Gasteiger partial charge in [0.2, 0.25) is 5.91 Å². The molecule has 21 heavy (non-hydrogen) atoms. The van der Waals surface area contributed by atoms with Gasteiger partial charge in [-0.3, -0.25) is 4.79 Å². The Morgan fingerprint density at radius 2 is 2.14 bits per heavy atom. The fourth-order valence-electron chi connectivity index (χ4n) is 3.41. The molecule has 4 heteroatoms. The smallest absolute Gasteiger partial charge is 0.220 e. The molecule has 1 aromatic rings. The molecule has 1 amide bonds. The van der Waals surface area contributed by atoms with E-state index in [1.807, 2.05) is 0 Å². The van der Waals surface area contributed by atoms with E-state index in [0.29, 0.717) is 0 Å². The average Bonchev–Trinajstić information content (AvgIpc) is 2.53. The number of rotatable bonds is 4. The minimum atomic E-state index is -0.128. The van der Waals surface area contributed by atoms with Gasteiger partial charge in [0.05, 0.1) is 0 Å². The van der Waals surface area contributed by atoms with E-state index in [2.05, 4.69) is 28.4 Å². The van der Waals surface area contributed by atoms with Crippen LogP contribution in [0.1, 0.15) is 30.4 Å². The summed E-state index contributed by atoms with van der Waals surface area (Å²) in [6, 6.07) is 6.83. The van der Waals surface area contributed by atoms with E-state index in [9.17, 15) is 4.79 Å². The lowest BCUT2D eigenvalue weighted by Crippen LogP contribution is -2.39. The molecule has 2 aliphatic rings. The maximum absolute atomic E-state index is 11.2. The number of carbonyl (C=O) groups is 1. The Bertz CT molecular complexity index is 507. The Balaban J connectivity index is 1.50. The number of nitrogens with two attached hydrogens (primary N) is 1. The number of hydrogen-bond donors (Lipinski definition) is 2. The van der Waals surface area contributed by atoms with Crippen molar-refractivity contribution in [2.75, 3.05) is 31.5 Å². The Morgan fingerprint density at radius 1 is 1.33 bits per heavy atom. The number of likely N-dealkylation sites (tertiary alicyclic amines) is 1. The van der Waals surface area contributed by atoms with Gasteiger partial charge in [-0.25, -0.2) is 0 Å². The van der Waals surface area contributed by atoms with E-state index >= 15 is 0 Å². The first-order chi connectivity index (χ1) is 10.2. The zero-order valence-corrected chi connectivity index (χ0v) is 12.6. The topological polar surface area (TPSA) is 58.4 Å². The van der Waals surface area contributed by atoms with Crippen LogP contribution < -0.4 is 11.1 Å². The summed E-state index contributed by atoms with van der Waals surface area (Å²) in [7, 11) is 0. The van der Waals surface area contributed by atoms with Gasteiger partial charge in [-0.15, -0.1) is 0 Å². The molecule has 0 saturated carbocycles. The summed E-state index contributed by atoms with van der Waals surface area (Å²) in [5, 5.41) is 3.46. The van der Waals surface area contributed by atoms with Crippen LogP contribution in [0.4, 0.5) is 5.69 Å². The summed E-state index contributed by atoms with van der Waals surface area (Å²) in [5.41, 5.74) is 9.58. The van der Waals surface area contributed by atoms with Gasteiger partial charge in [0, 0.05) is 24.7 Å². The second kappa shape index (κ2) is 6.48. The van der Waals surface area contributed by atoms with E-state index in [-0.39, 0.29) is 11.8 Å². The Labute approximate surface area is 126 Å². The van der Waals surface area contributed by atoms with Crippen molar-refractivity contribution in [3.8, 4) is 0 Å². The van der Waals surface area contributed by atoms with Crippen molar-refractivity contribution < 1.29 is 4.79 Å². The summed E-state index contributed by atoms with van der Waals surface area (Å²) >= 11 is 0. The normalized spacial score (nSPS) is 19.8. The highest BCUT2D eigenvalue weighted by atomic mass is 16.1. The third-order valence-corrected chi connectivity index (χ3v) is 4.81. The van der Waals surface area contributed by atoms with Crippen LogP contribution in [0.3, 0.4) is 0 Å². The van der Waals surface area contributed by atoms with E-state index in [0.717, 1.165) is 45.4 Å². The first-order valence-electron chi connectivity index (χ1n) is 8.10. The largest absolute Gasteiger partial charge is 0.385 e. The number of fused-ring (bicyclic) bond motifs is 1. The van der Waals surface area contributed by atoms with Crippen LogP contribution in [0.5, 0.6) is 0 Å². The number of carbonyl (C=O) groups excluding carboxylic acids is 1. The Kier molecular flexibility index (Phi) is 4.44. The minimum Gasteiger partial charge on any atom is -0.385 e. The van der Waals surface area contributed by atoms with Crippen LogP contribution >= 0.6 is 0 Å². The highest BCUT2D eigenvalue weighted by molar-refractivity contribution is 5.76. The number of primary amides is 1. The maximum Gasteiger partial charge on any atom is 0.220 e. The molecule has 0 spiro atoms. The van der Waals surface area contributed by atoms with Gasteiger partial charge in [-0.05, 0) is 62.4 Å². The number of benzene rings is 1. The highest BCUT2D eigenvalue weighted by Gasteiger charge is 2.22. The fraction of sp³-hybridized carbons (Fsp3) is 0.588. The number of hydrogen-bond acceptors (Lipinski definition) is 3. The Morgan fingerprint density at radius 3 is 2.90 bits per heavy atom. The average molecular weight is 287 g/mol. The van der Waals surface area contributed by atoms with Crippen molar-refractivity contribution in [3.05, 3.63) is 29.3 Å². The lowest BCUT2D eigenvalue weighted by atomic mass is 9.95. The molecule has 0 atom stereocenters. The zero-order valence-electron chi connectivity index (χ0n) is 12.6. The quantitative estimate of drug-likeness (QED) is 0.887. The predicted octanol–water partition coefficient (Wildman–Crippen LogP) is 1.78. The molecule has 2 aliphatic heterocycles. The summed E-state index contributed by atoms with van der Waals surface area (Å²) in [4.78, 5) is 13.6. The summed E-state index contributed by atoms with van der Waals surface area (Å²) in [5.74, 6) is -0.0343.